The normalized spacial score (nSPS) is 13.6. The highest BCUT2D eigenvalue weighted by Gasteiger charge is 2.26. The average Bonchev–Trinajstić information content (AvgIpc) is 3.05. The number of ether oxygens (including phenoxy) is 2. The lowest BCUT2D eigenvalue weighted by Gasteiger charge is -2.25. The van der Waals surface area contributed by atoms with Gasteiger partial charge in [0.15, 0.2) is 17.5 Å². The van der Waals surface area contributed by atoms with E-state index in [2.05, 4.69) is 15.6 Å². The summed E-state index contributed by atoms with van der Waals surface area (Å²) in [7, 11) is 3.61. The minimum atomic E-state index is -0.561. The number of carbonyl (C=O) groups excluding carboxylic acids is 1. The van der Waals surface area contributed by atoms with Crippen molar-refractivity contribution in [2.24, 2.45) is 10.4 Å². The highest BCUT2D eigenvalue weighted by atomic mass is 16.7. The Labute approximate surface area is 149 Å². The van der Waals surface area contributed by atoms with Crippen molar-refractivity contribution in [2.75, 3.05) is 34.0 Å². The predicted octanol–water partition coefficient (Wildman–Crippen LogP) is 1.58. The topological polar surface area (TPSA) is 75.2 Å². The summed E-state index contributed by atoms with van der Waals surface area (Å²) in [5.74, 6) is 2.29. The molecule has 1 aromatic rings. The number of nitrogens with zero attached hydrogens (tertiary/aromatic N) is 2. The van der Waals surface area contributed by atoms with Crippen LogP contribution in [0, 0.1) is 5.41 Å². The van der Waals surface area contributed by atoms with Gasteiger partial charge in [-0.1, -0.05) is 6.07 Å². The lowest BCUT2D eigenvalue weighted by Crippen LogP contribution is -2.41. The lowest BCUT2D eigenvalue weighted by molar-refractivity contribution is -0.128. The smallest absolute Gasteiger partial charge is 0.231 e. The van der Waals surface area contributed by atoms with Gasteiger partial charge >= 0.3 is 0 Å². The molecule has 1 heterocycles. The molecule has 7 heteroatoms. The van der Waals surface area contributed by atoms with E-state index in [9.17, 15) is 4.79 Å². The molecule has 25 heavy (non-hydrogen) atoms. The first kappa shape index (κ1) is 18.9. The number of nitrogens with one attached hydrogen (secondary N) is 2. The summed E-state index contributed by atoms with van der Waals surface area (Å²) in [5.41, 5.74) is 0.539. The summed E-state index contributed by atoms with van der Waals surface area (Å²) >= 11 is 0. The fourth-order valence-corrected chi connectivity index (χ4v) is 2.54. The molecule has 1 amide bonds. The van der Waals surface area contributed by atoms with Crippen molar-refractivity contribution in [2.45, 2.75) is 27.3 Å². The van der Waals surface area contributed by atoms with Crippen LogP contribution in [0.5, 0.6) is 11.5 Å². The first-order chi connectivity index (χ1) is 11.9. The zero-order chi connectivity index (χ0) is 18.4. The third-order valence-electron chi connectivity index (χ3n) is 4.02. The molecule has 0 aromatic heterocycles. The number of aliphatic imine (C=N–C) groups is 1. The number of guanidine groups is 1. The third kappa shape index (κ3) is 4.78. The van der Waals surface area contributed by atoms with Gasteiger partial charge in [-0.05, 0) is 38.5 Å². The number of hydrogen-bond donors (Lipinski definition) is 2. The highest BCUT2D eigenvalue weighted by molar-refractivity contribution is 5.83. The lowest BCUT2D eigenvalue weighted by atomic mass is 9.93. The maximum absolute atomic E-state index is 11.9. The fourth-order valence-electron chi connectivity index (χ4n) is 2.54. The van der Waals surface area contributed by atoms with E-state index in [1.807, 2.05) is 50.9 Å². The maximum atomic E-state index is 11.9. The monoisotopic (exact) mass is 348 g/mol. The zero-order valence-corrected chi connectivity index (χ0v) is 15.7. The van der Waals surface area contributed by atoms with Crippen LogP contribution in [0.2, 0.25) is 0 Å². The van der Waals surface area contributed by atoms with Crippen LogP contribution in [0.25, 0.3) is 0 Å². The molecule has 1 aliphatic heterocycles. The van der Waals surface area contributed by atoms with Crippen LogP contribution in [0.3, 0.4) is 0 Å². The molecule has 0 saturated carbocycles. The standard InChI is InChI=1S/C18H28N4O3/c1-6-20-17(21-11-18(2,3)16(23)19-4)22(5)10-13-7-8-14-15(9-13)25-12-24-14/h7-9H,6,10-12H2,1-5H3,(H,19,23)(H,20,21). The second kappa shape index (κ2) is 8.09. The number of hydrogen-bond acceptors (Lipinski definition) is 4. The number of rotatable bonds is 6. The zero-order valence-electron chi connectivity index (χ0n) is 15.7. The molecule has 0 saturated heterocycles. The van der Waals surface area contributed by atoms with Gasteiger partial charge in [0.1, 0.15) is 0 Å². The molecule has 7 nitrogen and oxygen atoms in total. The van der Waals surface area contributed by atoms with Gasteiger partial charge in [0, 0.05) is 27.2 Å². The van der Waals surface area contributed by atoms with E-state index in [0.29, 0.717) is 13.1 Å². The van der Waals surface area contributed by atoms with Crippen molar-refractivity contribution in [1.29, 1.82) is 0 Å². The molecular formula is C18H28N4O3. The van der Waals surface area contributed by atoms with Gasteiger partial charge in [0.05, 0.1) is 12.0 Å². The molecule has 0 radical (unpaired) electrons. The largest absolute Gasteiger partial charge is 0.454 e. The van der Waals surface area contributed by atoms with Crippen LogP contribution in [-0.2, 0) is 11.3 Å². The number of amides is 1. The van der Waals surface area contributed by atoms with Crippen LogP contribution in [0.1, 0.15) is 26.3 Å². The van der Waals surface area contributed by atoms with E-state index in [1.54, 1.807) is 7.05 Å². The van der Waals surface area contributed by atoms with Crippen LogP contribution < -0.4 is 20.1 Å². The van der Waals surface area contributed by atoms with Crippen LogP contribution in [0.4, 0.5) is 0 Å². The molecule has 0 bridgehead atoms. The summed E-state index contributed by atoms with van der Waals surface area (Å²) in [6, 6.07) is 5.92. The number of carbonyl (C=O) groups is 1. The molecule has 0 fully saturated rings. The second-order valence-corrected chi connectivity index (χ2v) is 6.68. The third-order valence-corrected chi connectivity index (χ3v) is 4.02. The molecule has 138 valence electrons. The van der Waals surface area contributed by atoms with Crippen molar-refractivity contribution in [3.63, 3.8) is 0 Å². The summed E-state index contributed by atoms with van der Waals surface area (Å²) in [6.07, 6.45) is 0. The van der Waals surface area contributed by atoms with Gasteiger partial charge in [-0.3, -0.25) is 9.79 Å². The quantitative estimate of drug-likeness (QED) is 0.603. The highest BCUT2D eigenvalue weighted by Crippen LogP contribution is 2.32. The first-order valence-corrected chi connectivity index (χ1v) is 8.47. The van der Waals surface area contributed by atoms with Crippen LogP contribution in [-0.4, -0.2) is 50.7 Å². The van der Waals surface area contributed by atoms with E-state index in [0.717, 1.165) is 29.6 Å². The molecule has 1 aromatic carbocycles. The van der Waals surface area contributed by atoms with E-state index in [4.69, 9.17) is 9.47 Å². The van der Waals surface area contributed by atoms with Gasteiger partial charge < -0.3 is 25.0 Å². The summed E-state index contributed by atoms with van der Waals surface area (Å²) in [6.45, 7) is 7.89. The van der Waals surface area contributed by atoms with E-state index in [1.165, 1.54) is 0 Å². The van der Waals surface area contributed by atoms with Crippen molar-refractivity contribution < 1.29 is 14.3 Å². The molecule has 0 unspecified atom stereocenters. The molecule has 1 aliphatic rings. The Morgan fingerprint density at radius 2 is 2.04 bits per heavy atom. The van der Waals surface area contributed by atoms with Gasteiger partial charge in [-0.2, -0.15) is 0 Å². The van der Waals surface area contributed by atoms with Crippen molar-refractivity contribution >= 4 is 11.9 Å². The molecule has 0 atom stereocenters. The van der Waals surface area contributed by atoms with Crippen LogP contribution in [0.15, 0.2) is 23.2 Å². The average molecular weight is 348 g/mol. The predicted molar refractivity (Wildman–Crippen MR) is 97.9 cm³/mol. The van der Waals surface area contributed by atoms with Crippen molar-refractivity contribution in [3.8, 4) is 11.5 Å². The van der Waals surface area contributed by atoms with E-state index < -0.39 is 5.41 Å². The summed E-state index contributed by atoms with van der Waals surface area (Å²) < 4.78 is 10.8. The first-order valence-electron chi connectivity index (χ1n) is 8.47. The Hall–Kier alpha value is -2.44. The maximum Gasteiger partial charge on any atom is 0.231 e. The summed E-state index contributed by atoms with van der Waals surface area (Å²) in [4.78, 5) is 18.6. The SMILES string of the molecule is CCNC(=NCC(C)(C)C(=O)NC)N(C)Cc1ccc2c(c1)OCO2. The minimum Gasteiger partial charge on any atom is -0.454 e. The van der Waals surface area contributed by atoms with Gasteiger partial charge in [-0.25, -0.2) is 0 Å². The van der Waals surface area contributed by atoms with Gasteiger partial charge in [0.25, 0.3) is 0 Å². The Morgan fingerprint density at radius 1 is 1.32 bits per heavy atom. The van der Waals surface area contributed by atoms with Crippen molar-refractivity contribution in [1.82, 2.24) is 15.5 Å². The van der Waals surface area contributed by atoms with Gasteiger partial charge in [-0.15, -0.1) is 0 Å². The number of fused-ring (bicyclic) bond motifs is 1. The van der Waals surface area contributed by atoms with E-state index >= 15 is 0 Å². The Kier molecular flexibility index (Phi) is 6.12. The van der Waals surface area contributed by atoms with Crippen LogP contribution >= 0.6 is 0 Å². The molecule has 2 rings (SSSR count). The minimum absolute atomic E-state index is 0.0227. The fraction of sp³-hybridized carbons (Fsp3) is 0.556. The second-order valence-electron chi connectivity index (χ2n) is 6.68. The Morgan fingerprint density at radius 3 is 2.72 bits per heavy atom. The molecule has 2 N–H and O–H groups in total. The molecule has 0 spiro atoms. The van der Waals surface area contributed by atoms with Crippen molar-refractivity contribution in [3.05, 3.63) is 23.8 Å². The Bertz CT molecular complexity index is 643. The number of benzene rings is 1. The van der Waals surface area contributed by atoms with E-state index in [-0.39, 0.29) is 12.7 Å². The Balaban J connectivity index is 2.08. The summed E-state index contributed by atoms with van der Waals surface area (Å²) in [5, 5.41) is 5.96. The molecular weight excluding hydrogens is 320 g/mol. The molecule has 0 aliphatic carbocycles. The van der Waals surface area contributed by atoms with Gasteiger partial charge in [0.2, 0.25) is 12.7 Å².